The highest BCUT2D eigenvalue weighted by molar-refractivity contribution is 5.15. The van der Waals surface area contributed by atoms with Crippen LogP contribution in [0.4, 0.5) is 0 Å². The molecule has 1 aromatic rings. The largest absolute Gasteiger partial charge is 0.377 e. The van der Waals surface area contributed by atoms with Crippen LogP contribution in [0.25, 0.3) is 0 Å². The fourth-order valence-corrected chi connectivity index (χ4v) is 2.81. The fraction of sp³-hybridized carbons (Fsp3) is 0.625. The number of rotatable bonds is 5. The standard InChI is InChI=1S/C16H23NO/c1-2-6-14(7-3-1)12-17(15-9-10-15)13-16-8-4-5-11-18-16/h1-3,6-7,15-16H,4-5,8-13H2. The highest BCUT2D eigenvalue weighted by atomic mass is 16.5. The van der Waals surface area contributed by atoms with Crippen LogP contribution in [-0.2, 0) is 11.3 Å². The van der Waals surface area contributed by atoms with Crippen molar-refractivity contribution in [2.75, 3.05) is 13.2 Å². The highest BCUT2D eigenvalue weighted by Crippen LogP contribution is 2.29. The van der Waals surface area contributed by atoms with Gasteiger partial charge in [0.05, 0.1) is 6.10 Å². The minimum Gasteiger partial charge on any atom is -0.377 e. The average molecular weight is 245 g/mol. The summed E-state index contributed by atoms with van der Waals surface area (Å²) in [6.07, 6.45) is 7.06. The SMILES string of the molecule is c1ccc(CN(CC2CCCCO2)C2CC2)cc1. The summed E-state index contributed by atoms with van der Waals surface area (Å²) in [7, 11) is 0. The maximum absolute atomic E-state index is 5.88. The van der Waals surface area contributed by atoms with E-state index in [1.807, 2.05) is 0 Å². The third-order valence-corrected chi connectivity index (χ3v) is 4.00. The molecule has 3 rings (SSSR count). The van der Waals surface area contributed by atoms with E-state index in [-0.39, 0.29) is 0 Å². The van der Waals surface area contributed by atoms with E-state index in [1.54, 1.807) is 0 Å². The van der Waals surface area contributed by atoms with E-state index in [9.17, 15) is 0 Å². The van der Waals surface area contributed by atoms with Crippen LogP contribution in [0, 0.1) is 0 Å². The van der Waals surface area contributed by atoms with E-state index in [0.29, 0.717) is 6.10 Å². The number of hydrogen-bond donors (Lipinski definition) is 0. The van der Waals surface area contributed by atoms with Gasteiger partial charge in [-0.1, -0.05) is 30.3 Å². The van der Waals surface area contributed by atoms with Crippen molar-refractivity contribution in [2.45, 2.75) is 50.8 Å². The average Bonchev–Trinajstić information content (AvgIpc) is 3.25. The van der Waals surface area contributed by atoms with Gasteiger partial charge in [0.15, 0.2) is 0 Å². The Labute approximate surface area is 110 Å². The lowest BCUT2D eigenvalue weighted by atomic mass is 10.1. The molecule has 0 N–H and O–H groups in total. The van der Waals surface area contributed by atoms with Crippen LogP contribution in [0.2, 0.25) is 0 Å². The summed E-state index contributed by atoms with van der Waals surface area (Å²) in [6, 6.07) is 11.6. The smallest absolute Gasteiger partial charge is 0.0702 e. The van der Waals surface area contributed by atoms with Crippen LogP contribution in [-0.4, -0.2) is 30.2 Å². The molecule has 1 heterocycles. The lowest BCUT2D eigenvalue weighted by molar-refractivity contribution is -0.00879. The molecule has 1 aliphatic carbocycles. The first kappa shape index (κ1) is 12.2. The minimum absolute atomic E-state index is 0.475. The number of nitrogens with zero attached hydrogens (tertiary/aromatic N) is 1. The molecule has 18 heavy (non-hydrogen) atoms. The van der Waals surface area contributed by atoms with Crippen molar-refractivity contribution >= 4 is 0 Å². The van der Waals surface area contributed by atoms with Gasteiger partial charge in [-0.2, -0.15) is 0 Å². The summed E-state index contributed by atoms with van der Waals surface area (Å²) < 4.78 is 5.88. The van der Waals surface area contributed by atoms with Gasteiger partial charge in [-0.3, -0.25) is 4.90 Å². The van der Waals surface area contributed by atoms with Gasteiger partial charge in [0.2, 0.25) is 0 Å². The Hall–Kier alpha value is -0.860. The Morgan fingerprint density at radius 1 is 1.06 bits per heavy atom. The van der Waals surface area contributed by atoms with Crippen LogP contribution in [0.15, 0.2) is 30.3 Å². The van der Waals surface area contributed by atoms with E-state index in [0.717, 1.165) is 25.7 Å². The van der Waals surface area contributed by atoms with E-state index >= 15 is 0 Å². The molecule has 0 spiro atoms. The van der Waals surface area contributed by atoms with Crippen molar-refractivity contribution in [3.63, 3.8) is 0 Å². The predicted octanol–water partition coefficient (Wildman–Crippen LogP) is 3.22. The first-order valence-electron chi connectivity index (χ1n) is 7.31. The second-order valence-electron chi connectivity index (χ2n) is 5.63. The summed E-state index contributed by atoms with van der Waals surface area (Å²) >= 11 is 0. The Morgan fingerprint density at radius 3 is 2.56 bits per heavy atom. The van der Waals surface area contributed by atoms with Gasteiger partial charge in [0, 0.05) is 25.7 Å². The number of ether oxygens (including phenoxy) is 1. The molecule has 0 bridgehead atoms. The molecule has 0 amide bonds. The lowest BCUT2D eigenvalue weighted by Gasteiger charge is -2.30. The summed E-state index contributed by atoms with van der Waals surface area (Å²) in [6.45, 7) is 3.18. The Morgan fingerprint density at radius 2 is 1.89 bits per heavy atom. The molecule has 0 aromatic heterocycles. The second kappa shape index (κ2) is 5.85. The van der Waals surface area contributed by atoms with Gasteiger partial charge in [-0.15, -0.1) is 0 Å². The predicted molar refractivity (Wildman–Crippen MR) is 73.5 cm³/mol. The molecule has 1 aliphatic heterocycles. The number of benzene rings is 1. The number of hydrogen-bond acceptors (Lipinski definition) is 2. The van der Waals surface area contributed by atoms with Crippen LogP contribution < -0.4 is 0 Å². The summed E-state index contributed by atoms with van der Waals surface area (Å²) in [5.41, 5.74) is 1.43. The molecule has 98 valence electrons. The molecule has 1 unspecified atom stereocenters. The zero-order chi connectivity index (χ0) is 12.2. The molecular formula is C16H23NO. The topological polar surface area (TPSA) is 12.5 Å². The van der Waals surface area contributed by atoms with Crippen LogP contribution in [0.5, 0.6) is 0 Å². The van der Waals surface area contributed by atoms with E-state index < -0.39 is 0 Å². The van der Waals surface area contributed by atoms with Crippen molar-refractivity contribution in [1.29, 1.82) is 0 Å². The summed E-state index contributed by atoms with van der Waals surface area (Å²) in [5, 5.41) is 0. The first-order valence-corrected chi connectivity index (χ1v) is 7.31. The quantitative estimate of drug-likeness (QED) is 0.789. The van der Waals surface area contributed by atoms with Gasteiger partial charge in [-0.05, 0) is 37.7 Å². The molecule has 2 fully saturated rings. The van der Waals surface area contributed by atoms with Crippen LogP contribution in [0.3, 0.4) is 0 Å². The van der Waals surface area contributed by atoms with Gasteiger partial charge in [0.25, 0.3) is 0 Å². The zero-order valence-electron chi connectivity index (χ0n) is 11.1. The van der Waals surface area contributed by atoms with Crippen LogP contribution >= 0.6 is 0 Å². The Bertz CT molecular complexity index is 355. The third kappa shape index (κ3) is 3.33. The summed E-state index contributed by atoms with van der Waals surface area (Å²) in [4.78, 5) is 2.63. The minimum atomic E-state index is 0.475. The molecule has 2 aliphatic rings. The molecule has 1 saturated carbocycles. The van der Waals surface area contributed by atoms with Crippen molar-refractivity contribution in [3.05, 3.63) is 35.9 Å². The monoisotopic (exact) mass is 245 g/mol. The Balaban J connectivity index is 1.58. The summed E-state index contributed by atoms with van der Waals surface area (Å²) in [5.74, 6) is 0. The van der Waals surface area contributed by atoms with Gasteiger partial charge in [-0.25, -0.2) is 0 Å². The van der Waals surface area contributed by atoms with E-state index in [1.165, 1.54) is 37.7 Å². The first-order chi connectivity index (χ1) is 8.92. The normalized spacial score (nSPS) is 24.4. The third-order valence-electron chi connectivity index (χ3n) is 4.00. The maximum atomic E-state index is 5.88. The van der Waals surface area contributed by atoms with Crippen molar-refractivity contribution in [2.24, 2.45) is 0 Å². The van der Waals surface area contributed by atoms with Gasteiger partial charge < -0.3 is 4.74 Å². The maximum Gasteiger partial charge on any atom is 0.0702 e. The molecule has 1 aromatic carbocycles. The van der Waals surface area contributed by atoms with Crippen molar-refractivity contribution in [1.82, 2.24) is 4.90 Å². The molecule has 1 saturated heterocycles. The van der Waals surface area contributed by atoms with Crippen LogP contribution in [0.1, 0.15) is 37.7 Å². The molecular weight excluding hydrogens is 222 g/mol. The van der Waals surface area contributed by atoms with E-state index in [4.69, 9.17) is 4.74 Å². The molecule has 0 radical (unpaired) electrons. The second-order valence-corrected chi connectivity index (χ2v) is 5.63. The fourth-order valence-electron chi connectivity index (χ4n) is 2.81. The Kier molecular flexibility index (Phi) is 3.96. The van der Waals surface area contributed by atoms with E-state index in [2.05, 4.69) is 35.2 Å². The molecule has 1 atom stereocenters. The molecule has 2 nitrogen and oxygen atoms in total. The zero-order valence-corrected chi connectivity index (χ0v) is 11.1. The lowest BCUT2D eigenvalue weighted by Crippen LogP contribution is -2.36. The highest BCUT2D eigenvalue weighted by Gasteiger charge is 2.31. The van der Waals surface area contributed by atoms with Gasteiger partial charge >= 0.3 is 0 Å². The van der Waals surface area contributed by atoms with Crippen molar-refractivity contribution < 1.29 is 4.74 Å². The molecule has 2 heteroatoms. The van der Waals surface area contributed by atoms with Crippen molar-refractivity contribution in [3.8, 4) is 0 Å². The van der Waals surface area contributed by atoms with Gasteiger partial charge in [0.1, 0.15) is 0 Å².